The highest BCUT2D eigenvalue weighted by Gasteiger charge is 2.49. The summed E-state index contributed by atoms with van der Waals surface area (Å²) in [5, 5.41) is 3.16. The number of rotatable bonds is 6. The maximum absolute atomic E-state index is 12.3. The van der Waals surface area contributed by atoms with Gasteiger partial charge < -0.3 is 9.74 Å². The van der Waals surface area contributed by atoms with Gasteiger partial charge in [0.25, 0.3) is 0 Å². The Balaban J connectivity index is 2.14. The summed E-state index contributed by atoms with van der Waals surface area (Å²) in [6.45, 7) is 17.2. The minimum atomic E-state index is -1.93. The van der Waals surface area contributed by atoms with Crippen LogP contribution in [0.5, 0.6) is 0 Å². The van der Waals surface area contributed by atoms with E-state index in [0.29, 0.717) is 0 Å². The van der Waals surface area contributed by atoms with Crippen LogP contribution >= 0.6 is 12.2 Å². The molecule has 144 valence electrons. The predicted molar refractivity (Wildman–Crippen MR) is 113 cm³/mol. The van der Waals surface area contributed by atoms with E-state index in [1.807, 2.05) is 26.0 Å². The molecular weight excluding hydrogens is 360 g/mol. The number of carbonyl (C=O) groups excluding carboxylic acids is 1. The summed E-state index contributed by atoms with van der Waals surface area (Å²) in [4.78, 5) is 17.6. The molecule has 4 atom stereocenters. The van der Waals surface area contributed by atoms with Crippen LogP contribution in [0.4, 0.5) is 0 Å². The van der Waals surface area contributed by atoms with Crippen LogP contribution < -0.4 is 5.32 Å². The number of aryl methyl sites for hydroxylation is 1. The first kappa shape index (κ1) is 21.2. The molecule has 0 bridgehead atoms. The zero-order valence-electron chi connectivity index (χ0n) is 17.2. The van der Waals surface area contributed by atoms with Crippen molar-refractivity contribution in [1.82, 2.24) is 10.3 Å². The molecular formula is C20H32N2O2SSi. The van der Waals surface area contributed by atoms with Crippen LogP contribution in [0.1, 0.15) is 45.9 Å². The summed E-state index contributed by atoms with van der Waals surface area (Å²) in [7, 11) is -1.93. The Morgan fingerprint density at radius 3 is 2.46 bits per heavy atom. The summed E-state index contributed by atoms with van der Waals surface area (Å²) < 4.78 is 6.49. The number of nitrogens with zero attached hydrogens (tertiary/aromatic N) is 1. The quantitative estimate of drug-likeness (QED) is 0.340. The fourth-order valence-electron chi connectivity index (χ4n) is 3.20. The van der Waals surface area contributed by atoms with Gasteiger partial charge in [0.1, 0.15) is 0 Å². The Labute approximate surface area is 164 Å². The van der Waals surface area contributed by atoms with Crippen LogP contribution in [0.15, 0.2) is 18.3 Å². The number of carbonyl (C=O) groups is 1. The van der Waals surface area contributed by atoms with Gasteiger partial charge in [0.05, 0.1) is 23.8 Å². The fourth-order valence-corrected chi connectivity index (χ4v) is 4.99. The highest BCUT2D eigenvalue weighted by Crippen LogP contribution is 2.39. The maximum Gasteiger partial charge on any atom is 0.228 e. The van der Waals surface area contributed by atoms with Crippen molar-refractivity contribution < 1.29 is 9.22 Å². The van der Waals surface area contributed by atoms with E-state index in [1.54, 1.807) is 6.20 Å². The summed E-state index contributed by atoms with van der Waals surface area (Å²) in [6.07, 6.45) is 1.64. The molecule has 1 amide bonds. The van der Waals surface area contributed by atoms with Gasteiger partial charge >= 0.3 is 0 Å². The summed E-state index contributed by atoms with van der Waals surface area (Å²) in [5.74, 6) is -0.0681. The number of amides is 1. The van der Waals surface area contributed by atoms with Crippen molar-refractivity contribution in [1.29, 1.82) is 0 Å². The molecule has 0 radical (unpaired) electrons. The highest BCUT2D eigenvalue weighted by molar-refractivity contribution is 7.80. The lowest BCUT2D eigenvalue weighted by Crippen LogP contribution is -2.66. The second-order valence-electron chi connectivity index (χ2n) is 8.97. The van der Waals surface area contributed by atoms with Crippen LogP contribution in [0.25, 0.3) is 0 Å². The average Bonchev–Trinajstić information content (AvgIpc) is 2.49. The molecule has 0 unspecified atom stereocenters. The molecule has 0 spiro atoms. The van der Waals surface area contributed by atoms with Gasteiger partial charge in [-0.1, -0.05) is 46.0 Å². The average molecular weight is 393 g/mol. The van der Waals surface area contributed by atoms with Crippen molar-refractivity contribution >= 4 is 31.3 Å². The van der Waals surface area contributed by atoms with E-state index in [1.165, 1.54) is 0 Å². The first-order chi connectivity index (χ1) is 11.9. The highest BCUT2D eigenvalue weighted by atomic mass is 32.1. The summed E-state index contributed by atoms with van der Waals surface area (Å²) in [6, 6.07) is 3.92. The van der Waals surface area contributed by atoms with Crippen molar-refractivity contribution in [3.05, 3.63) is 29.6 Å². The standard InChI is InChI=1S/C20H32N2O2SSi/c1-12-10-9-11-21-16(12)18(25)13(2)17-15(19(23)22-17)14(3)24-26(7,8)20(4,5)6/h9-11,13-15,17H,1-8H3,(H,22,23)/t13-,14-,15-,17-/m1/s1. The second-order valence-corrected chi connectivity index (χ2v) is 14.2. The second kappa shape index (κ2) is 7.48. The monoisotopic (exact) mass is 392 g/mol. The van der Waals surface area contributed by atoms with E-state index in [0.717, 1.165) is 16.1 Å². The molecule has 0 aliphatic carbocycles. The van der Waals surface area contributed by atoms with E-state index in [-0.39, 0.29) is 34.9 Å². The normalized spacial score (nSPS) is 23.0. The van der Waals surface area contributed by atoms with Crippen LogP contribution in [0.2, 0.25) is 18.1 Å². The van der Waals surface area contributed by atoms with Gasteiger partial charge in [0.15, 0.2) is 8.32 Å². The summed E-state index contributed by atoms with van der Waals surface area (Å²) >= 11 is 5.71. The van der Waals surface area contributed by atoms with Gasteiger partial charge in [0, 0.05) is 17.0 Å². The molecule has 1 aliphatic rings. The van der Waals surface area contributed by atoms with Gasteiger partial charge in [-0.2, -0.15) is 0 Å². The smallest absolute Gasteiger partial charge is 0.228 e. The number of nitrogens with one attached hydrogen (secondary N) is 1. The lowest BCUT2D eigenvalue weighted by Gasteiger charge is -2.47. The summed E-state index contributed by atoms with van der Waals surface area (Å²) in [5.41, 5.74) is 1.92. The van der Waals surface area contributed by atoms with Gasteiger partial charge in [-0.3, -0.25) is 9.78 Å². The number of aromatic nitrogens is 1. The molecule has 1 fully saturated rings. The minimum absolute atomic E-state index is 0.00354. The molecule has 2 heterocycles. The van der Waals surface area contributed by atoms with Crippen molar-refractivity contribution in [2.45, 2.75) is 71.8 Å². The number of β-lactam (4-membered cyclic amide) rings is 1. The zero-order chi connectivity index (χ0) is 19.9. The molecule has 6 heteroatoms. The van der Waals surface area contributed by atoms with Crippen LogP contribution in [0.3, 0.4) is 0 Å². The van der Waals surface area contributed by atoms with E-state index >= 15 is 0 Å². The fraction of sp³-hybridized carbons (Fsp3) is 0.650. The van der Waals surface area contributed by atoms with E-state index in [2.05, 4.69) is 51.1 Å². The Morgan fingerprint density at radius 1 is 1.35 bits per heavy atom. The lowest BCUT2D eigenvalue weighted by atomic mass is 9.77. The van der Waals surface area contributed by atoms with Crippen LogP contribution in [-0.4, -0.2) is 36.2 Å². The Kier molecular flexibility index (Phi) is 6.10. The van der Waals surface area contributed by atoms with Gasteiger partial charge in [0.2, 0.25) is 5.91 Å². The SMILES string of the molecule is Cc1cccnc1C(=S)[C@H](C)[C@H]1NC(=O)[C@@H]1[C@@H](C)O[Si](C)(C)C(C)(C)C. The Bertz CT molecular complexity index is 699. The molecule has 1 aromatic rings. The molecule has 1 aromatic heterocycles. The molecule has 4 nitrogen and oxygen atoms in total. The predicted octanol–water partition coefficient (Wildman–Crippen LogP) is 4.27. The van der Waals surface area contributed by atoms with Crippen molar-refractivity contribution in [2.24, 2.45) is 11.8 Å². The zero-order valence-corrected chi connectivity index (χ0v) is 19.0. The third-order valence-corrected chi connectivity index (χ3v) is 11.1. The largest absolute Gasteiger partial charge is 0.413 e. The first-order valence-corrected chi connectivity index (χ1v) is 12.6. The van der Waals surface area contributed by atoms with Crippen molar-refractivity contribution in [2.75, 3.05) is 0 Å². The van der Waals surface area contributed by atoms with Crippen LogP contribution in [0, 0.1) is 18.8 Å². The number of pyridine rings is 1. The molecule has 0 saturated carbocycles. The topological polar surface area (TPSA) is 51.2 Å². The molecule has 1 aliphatic heterocycles. The van der Waals surface area contributed by atoms with Gasteiger partial charge in [-0.25, -0.2) is 0 Å². The molecule has 1 N–H and O–H groups in total. The van der Waals surface area contributed by atoms with E-state index in [9.17, 15) is 4.79 Å². The number of thiocarbonyl (C=S) groups is 1. The van der Waals surface area contributed by atoms with Crippen molar-refractivity contribution in [3.63, 3.8) is 0 Å². The molecule has 2 rings (SSSR count). The third-order valence-electron chi connectivity index (χ3n) is 5.99. The van der Waals surface area contributed by atoms with Crippen LogP contribution in [-0.2, 0) is 9.22 Å². The molecule has 1 saturated heterocycles. The Morgan fingerprint density at radius 2 is 1.96 bits per heavy atom. The molecule has 26 heavy (non-hydrogen) atoms. The first-order valence-electron chi connectivity index (χ1n) is 9.31. The number of hydrogen-bond donors (Lipinski definition) is 1. The minimum Gasteiger partial charge on any atom is -0.413 e. The third kappa shape index (κ3) is 4.07. The van der Waals surface area contributed by atoms with E-state index < -0.39 is 8.32 Å². The van der Waals surface area contributed by atoms with Gasteiger partial charge in [-0.05, 0) is 43.6 Å². The maximum atomic E-state index is 12.3. The number of hydrogen-bond acceptors (Lipinski definition) is 4. The lowest BCUT2D eigenvalue weighted by molar-refractivity contribution is -0.140. The Hall–Kier alpha value is -1.11. The van der Waals surface area contributed by atoms with E-state index in [4.69, 9.17) is 16.6 Å². The van der Waals surface area contributed by atoms with Crippen molar-refractivity contribution in [3.8, 4) is 0 Å². The molecule has 0 aromatic carbocycles. The van der Waals surface area contributed by atoms with Gasteiger partial charge in [-0.15, -0.1) is 0 Å².